The van der Waals surface area contributed by atoms with Gasteiger partial charge in [0.25, 0.3) is 0 Å². The lowest BCUT2D eigenvalue weighted by atomic mass is 10.2. The van der Waals surface area contributed by atoms with Gasteiger partial charge in [-0.05, 0) is 19.8 Å². The number of nitrogens with one attached hydrogen (secondary N) is 1. The van der Waals surface area contributed by atoms with Crippen LogP contribution in [-0.4, -0.2) is 15.6 Å². The molecular weight excluding hydrogens is 170 g/mol. The molecule has 0 aliphatic heterocycles. The first kappa shape index (κ1) is 9.19. The third-order valence-corrected chi connectivity index (χ3v) is 2.15. The molecule has 1 rings (SSSR count). The zero-order valence-corrected chi connectivity index (χ0v) is 7.97. The lowest BCUT2D eigenvalue weighted by Gasteiger charge is -2.10. The largest absolute Gasteiger partial charge is 0.372 e. The van der Waals surface area contributed by atoms with E-state index in [0.717, 1.165) is 17.8 Å². The Hall–Kier alpha value is -0.900. The summed E-state index contributed by atoms with van der Waals surface area (Å²) in [7, 11) is 0. The molecule has 0 radical (unpaired) electrons. The van der Waals surface area contributed by atoms with Crippen molar-refractivity contribution in [1.82, 2.24) is 9.59 Å². The molecule has 0 saturated carbocycles. The second-order valence-electron chi connectivity index (χ2n) is 2.69. The molecule has 0 aromatic carbocycles. The Morgan fingerprint density at radius 2 is 2.67 bits per heavy atom. The van der Waals surface area contributed by atoms with Crippen LogP contribution in [0.25, 0.3) is 0 Å². The van der Waals surface area contributed by atoms with Crippen LogP contribution in [0.2, 0.25) is 0 Å². The van der Waals surface area contributed by atoms with Crippen LogP contribution in [0.1, 0.15) is 19.8 Å². The Balaban J connectivity index is 2.26. The number of rotatable bonds is 5. The summed E-state index contributed by atoms with van der Waals surface area (Å²) in [5.41, 5.74) is 0. The number of hydrogen-bond acceptors (Lipinski definition) is 4. The van der Waals surface area contributed by atoms with Crippen molar-refractivity contribution in [1.29, 1.82) is 0 Å². The molecule has 1 unspecified atom stereocenters. The predicted octanol–water partition coefficient (Wildman–Crippen LogP) is 2.30. The molecule has 4 heteroatoms. The average molecular weight is 183 g/mol. The minimum atomic E-state index is 0.463. The summed E-state index contributed by atoms with van der Waals surface area (Å²) >= 11 is 1.39. The molecule has 0 aliphatic carbocycles. The van der Waals surface area contributed by atoms with Crippen molar-refractivity contribution in [3.05, 3.63) is 18.9 Å². The minimum Gasteiger partial charge on any atom is -0.372 e. The quantitative estimate of drug-likeness (QED) is 0.712. The van der Waals surface area contributed by atoms with Crippen LogP contribution in [0.3, 0.4) is 0 Å². The molecule has 0 amide bonds. The third-order valence-electron chi connectivity index (χ3n) is 1.55. The Kier molecular flexibility index (Phi) is 3.73. The van der Waals surface area contributed by atoms with E-state index in [9.17, 15) is 0 Å². The van der Waals surface area contributed by atoms with Gasteiger partial charge in [-0.3, -0.25) is 0 Å². The number of hydrogen-bond donors (Lipinski definition) is 1. The predicted molar refractivity (Wildman–Crippen MR) is 52.4 cm³/mol. The van der Waals surface area contributed by atoms with E-state index < -0.39 is 0 Å². The molecule has 0 bridgehead atoms. The van der Waals surface area contributed by atoms with Gasteiger partial charge >= 0.3 is 0 Å². The van der Waals surface area contributed by atoms with Gasteiger partial charge in [-0.15, -0.1) is 11.7 Å². The van der Waals surface area contributed by atoms with Gasteiger partial charge in [0.05, 0.1) is 6.20 Å². The van der Waals surface area contributed by atoms with Crippen molar-refractivity contribution < 1.29 is 0 Å². The molecule has 66 valence electrons. The van der Waals surface area contributed by atoms with Crippen LogP contribution >= 0.6 is 11.5 Å². The summed E-state index contributed by atoms with van der Waals surface area (Å²) in [6.07, 6.45) is 5.82. The van der Waals surface area contributed by atoms with E-state index in [4.69, 9.17) is 0 Å². The second-order valence-corrected chi connectivity index (χ2v) is 3.48. The first-order valence-corrected chi connectivity index (χ1v) is 4.75. The van der Waals surface area contributed by atoms with Gasteiger partial charge in [0, 0.05) is 17.6 Å². The van der Waals surface area contributed by atoms with Gasteiger partial charge in [0.2, 0.25) is 0 Å². The number of allylic oxidation sites excluding steroid dienone is 1. The van der Waals surface area contributed by atoms with Crippen molar-refractivity contribution in [2.45, 2.75) is 25.8 Å². The SMILES string of the molecule is C=CCCC(C)Nc1cnns1. The molecule has 0 spiro atoms. The smallest absolute Gasteiger partial charge is 0.130 e. The fraction of sp³-hybridized carbons (Fsp3) is 0.500. The van der Waals surface area contributed by atoms with E-state index in [2.05, 4.69) is 28.4 Å². The normalized spacial score (nSPS) is 12.4. The first-order valence-electron chi connectivity index (χ1n) is 3.97. The van der Waals surface area contributed by atoms with E-state index in [1.165, 1.54) is 11.5 Å². The van der Waals surface area contributed by atoms with Crippen LogP contribution in [0.15, 0.2) is 18.9 Å². The fourth-order valence-corrected chi connectivity index (χ4v) is 1.44. The molecule has 0 aliphatic rings. The molecule has 1 N–H and O–H groups in total. The minimum absolute atomic E-state index is 0.463. The first-order chi connectivity index (χ1) is 5.83. The summed E-state index contributed by atoms with van der Waals surface area (Å²) in [5.74, 6) is 0. The fourth-order valence-electron chi connectivity index (χ4n) is 0.914. The van der Waals surface area contributed by atoms with Gasteiger partial charge in [0.15, 0.2) is 0 Å². The molecule has 1 aromatic rings. The highest BCUT2D eigenvalue weighted by atomic mass is 32.1. The van der Waals surface area contributed by atoms with Crippen LogP contribution < -0.4 is 5.32 Å². The highest BCUT2D eigenvalue weighted by Crippen LogP contribution is 2.12. The summed E-state index contributed by atoms with van der Waals surface area (Å²) in [6, 6.07) is 0.463. The Morgan fingerprint density at radius 3 is 3.25 bits per heavy atom. The average Bonchev–Trinajstić information content (AvgIpc) is 2.53. The molecule has 0 saturated heterocycles. The Labute approximate surface area is 76.7 Å². The van der Waals surface area contributed by atoms with E-state index in [-0.39, 0.29) is 0 Å². The Bertz CT molecular complexity index is 220. The number of nitrogens with zero attached hydrogens (tertiary/aromatic N) is 2. The van der Waals surface area contributed by atoms with Crippen LogP contribution in [0.4, 0.5) is 5.00 Å². The maximum Gasteiger partial charge on any atom is 0.130 e. The summed E-state index contributed by atoms with van der Waals surface area (Å²) in [5, 5.41) is 8.08. The van der Waals surface area contributed by atoms with Crippen molar-refractivity contribution >= 4 is 16.5 Å². The van der Waals surface area contributed by atoms with E-state index in [0.29, 0.717) is 6.04 Å². The van der Waals surface area contributed by atoms with Crippen molar-refractivity contribution in [2.24, 2.45) is 0 Å². The van der Waals surface area contributed by atoms with Crippen LogP contribution in [-0.2, 0) is 0 Å². The zero-order valence-electron chi connectivity index (χ0n) is 7.16. The summed E-state index contributed by atoms with van der Waals surface area (Å²) in [6.45, 7) is 5.82. The van der Waals surface area contributed by atoms with Crippen molar-refractivity contribution in [3.8, 4) is 0 Å². The third kappa shape index (κ3) is 3.00. The zero-order chi connectivity index (χ0) is 8.81. The van der Waals surface area contributed by atoms with E-state index in [1.54, 1.807) is 6.20 Å². The maximum absolute atomic E-state index is 3.76. The second kappa shape index (κ2) is 4.87. The van der Waals surface area contributed by atoms with Gasteiger partial charge in [0.1, 0.15) is 5.00 Å². The van der Waals surface area contributed by atoms with Crippen molar-refractivity contribution in [2.75, 3.05) is 5.32 Å². The van der Waals surface area contributed by atoms with Gasteiger partial charge in [-0.2, -0.15) is 0 Å². The standard InChI is InChI=1S/C8H13N3S/c1-3-4-5-7(2)10-8-6-9-11-12-8/h3,6-7,10H,1,4-5H2,2H3. The summed E-state index contributed by atoms with van der Waals surface area (Å²) in [4.78, 5) is 0. The van der Waals surface area contributed by atoms with Gasteiger partial charge in [-0.1, -0.05) is 10.6 Å². The molecule has 12 heavy (non-hydrogen) atoms. The van der Waals surface area contributed by atoms with Gasteiger partial charge in [-0.25, -0.2) is 0 Å². The lowest BCUT2D eigenvalue weighted by molar-refractivity contribution is 0.721. The summed E-state index contributed by atoms with van der Waals surface area (Å²) < 4.78 is 3.76. The monoisotopic (exact) mass is 183 g/mol. The number of aromatic nitrogens is 2. The number of anilines is 1. The van der Waals surface area contributed by atoms with Crippen molar-refractivity contribution in [3.63, 3.8) is 0 Å². The molecular formula is C8H13N3S. The van der Waals surface area contributed by atoms with Gasteiger partial charge < -0.3 is 5.32 Å². The molecule has 1 heterocycles. The molecule has 3 nitrogen and oxygen atoms in total. The lowest BCUT2D eigenvalue weighted by Crippen LogP contribution is -2.13. The highest BCUT2D eigenvalue weighted by molar-refractivity contribution is 7.09. The van der Waals surface area contributed by atoms with E-state index in [1.807, 2.05) is 6.08 Å². The topological polar surface area (TPSA) is 37.8 Å². The van der Waals surface area contributed by atoms with Crippen LogP contribution in [0.5, 0.6) is 0 Å². The van der Waals surface area contributed by atoms with E-state index >= 15 is 0 Å². The Morgan fingerprint density at radius 1 is 1.83 bits per heavy atom. The maximum atomic E-state index is 3.76. The highest BCUT2D eigenvalue weighted by Gasteiger charge is 2.01. The molecule has 0 fully saturated rings. The molecule has 1 aromatic heterocycles. The van der Waals surface area contributed by atoms with Crippen LogP contribution in [0, 0.1) is 0 Å². The molecule has 1 atom stereocenters.